The molecule has 0 amide bonds. The molecule has 0 aliphatic heterocycles. The van der Waals surface area contributed by atoms with Crippen LogP contribution in [0.3, 0.4) is 0 Å². The molecule has 0 saturated heterocycles. The average Bonchev–Trinajstić information content (AvgIpc) is 2.91. The molecule has 0 radical (unpaired) electrons. The lowest BCUT2D eigenvalue weighted by molar-refractivity contribution is -0.183. The molecule has 0 aromatic carbocycles. The summed E-state index contributed by atoms with van der Waals surface area (Å²) in [6, 6.07) is 0. The smallest absolute Gasteiger partial charge is 0.370 e. The standard InChI is InChI=1S/C9H14F3N3/c1-2-5-14-7(13)15-6-8(3-4-8)9(10,11)12/h2H,1,3-6H2,(H3,13,14,15). The molecule has 0 spiro atoms. The second kappa shape index (κ2) is 4.12. The number of guanidine groups is 1. The van der Waals surface area contributed by atoms with E-state index in [4.69, 9.17) is 5.73 Å². The molecule has 6 heteroatoms. The van der Waals surface area contributed by atoms with E-state index in [0.717, 1.165) is 0 Å². The van der Waals surface area contributed by atoms with E-state index < -0.39 is 11.6 Å². The highest BCUT2D eigenvalue weighted by Gasteiger charge is 2.63. The first kappa shape index (κ1) is 11.9. The third-order valence-corrected chi connectivity index (χ3v) is 2.43. The van der Waals surface area contributed by atoms with Crippen LogP contribution in [0.1, 0.15) is 12.8 Å². The highest BCUT2D eigenvalue weighted by molar-refractivity contribution is 5.77. The van der Waals surface area contributed by atoms with E-state index in [9.17, 15) is 13.2 Å². The van der Waals surface area contributed by atoms with Gasteiger partial charge in [-0.15, -0.1) is 6.58 Å². The molecular weight excluding hydrogens is 207 g/mol. The fourth-order valence-corrected chi connectivity index (χ4v) is 1.15. The van der Waals surface area contributed by atoms with Gasteiger partial charge in [0.05, 0.1) is 12.0 Å². The number of hydrogen-bond donors (Lipinski definition) is 2. The van der Waals surface area contributed by atoms with Crippen LogP contribution in [0.15, 0.2) is 17.6 Å². The molecular formula is C9H14F3N3. The monoisotopic (exact) mass is 221 g/mol. The topological polar surface area (TPSA) is 50.4 Å². The largest absolute Gasteiger partial charge is 0.396 e. The van der Waals surface area contributed by atoms with Gasteiger partial charge in [-0.25, -0.2) is 0 Å². The maximum absolute atomic E-state index is 12.5. The summed E-state index contributed by atoms with van der Waals surface area (Å²) in [6.45, 7) is 3.55. The first-order chi connectivity index (χ1) is 6.91. The molecule has 0 bridgehead atoms. The minimum atomic E-state index is -4.17. The molecule has 0 unspecified atom stereocenters. The Bertz CT molecular complexity index is 266. The summed E-state index contributed by atoms with van der Waals surface area (Å²) in [7, 11) is 0. The molecule has 0 aromatic heterocycles. The van der Waals surface area contributed by atoms with Gasteiger partial charge in [-0.05, 0) is 12.8 Å². The van der Waals surface area contributed by atoms with Crippen LogP contribution >= 0.6 is 0 Å². The molecule has 1 fully saturated rings. The number of rotatable bonds is 4. The highest BCUT2D eigenvalue weighted by atomic mass is 19.4. The highest BCUT2D eigenvalue weighted by Crippen LogP contribution is 2.57. The normalized spacial score (nSPS) is 19.8. The van der Waals surface area contributed by atoms with Crippen LogP contribution in [0.4, 0.5) is 13.2 Å². The van der Waals surface area contributed by atoms with Crippen molar-refractivity contribution in [1.29, 1.82) is 0 Å². The summed E-state index contributed by atoms with van der Waals surface area (Å²) in [6.07, 6.45) is -2.32. The Morgan fingerprint density at radius 1 is 1.53 bits per heavy atom. The summed E-state index contributed by atoms with van der Waals surface area (Å²) in [5.41, 5.74) is 3.74. The summed E-state index contributed by atoms with van der Waals surface area (Å²) in [5.74, 6) is 0.0328. The number of nitrogens with zero attached hydrogens (tertiary/aromatic N) is 1. The number of alkyl halides is 3. The zero-order valence-corrected chi connectivity index (χ0v) is 8.27. The van der Waals surface area contributed by atoms with Crippen LogP contribution < -0.4 is 11.1 Å². The number of hydrogen-bond acceptors (Lipinski definition) is 1. The van der Waals surface area contributed by atoms with Crippen LogP contribution in [-0.2, 0) is 0 Å². The van der Waals surface area contributed by atoms with E-state index in [1.54, 1.807) is 6.08 Å². The lowest BCUT2D eigenvalue weighted by Crippen LogP contribution is -2.34. The quantitative estimate of drug-likeness (QED) is 0.428. The van der Waals surface area contributed by atoms with Crippen LogP contribution in [0.25, 0.3) is 0 Å². The maximum atomic E-state index is 12.5. The van der Waals surface area contributed by atoms with Crippen LogP contribution in [-0.4, -0.2) is 25.2 Å². The van der Waals surface area contributed by atoms with E-state index in [1.807, 2.05) is 0 Å². The first-order valence-electron chi connectivity index (χ1n) is 4.63. The van der Waals surface area contributed by atoms with Crippen LogP contribution in [0, 0.1) is 5.41 Å². The molecule has 0 aromatic rings. The molecule has 1 aliphatic carbocycles. The Morgan fingerprint density at radius 2 is 2.13 bits per heavy atom. The van der Waals surface area contributed by atoms with E-state index in [2.05, 4.69) is 16.9 Å². The Labute approximate surface area is 86.2 Å². The van der Waals surface area contributed by atoms with Gasteiger partial charge < -0.3 is 11.1 Å². The minimum absolute atomic E-state index is 0.0328. The summed E-state index contributed by atoms with van der Waals surface area (Å²) in [4.78, 5) is 3.68. The lowest BCUT2D eigenvalue weighted by atomic mass is 10.1. The SMILES string of the molecule is C=CCNC(N)=NCC1(C(F)(F)F)CC1. The number of nitrogens with one attached hydrogen (secondary N) is 1. The fraction of sp³-hybridized carbons (Fsp3) is 0.667. The van der Waals surface area contributed by atoms with Gasteiger partial charge in [-0.1, -0.05) is 6.08 Å². The molecule has 86 valence electrons. The third kappa shape index (κ3) is 2.87. The Hall–Kier alpha value is -1.20. The minimum Gasteiger partial charge on any atom is -0.370 e. The lowest BCUT2D eigenvalue weighted by Gasteiger charge is -2.16. The Balaban J connectivity index is 2.46. The van der Waals surface area contributed by atoms with Gasteiger partial charge in [0.25, 0.3) is 0 Å². The van der Waals surface area contributed by atoms with Crippen molar-refractivity contribution in [2.24, 2.45) is 16.1 Å². The van der Waals surface area contributed by atoms with Gasteiger partial charge in [0.1, 0.15) is 0 Å². The second-order valence-electron chi connectivity index (χ2n) is 3.65. The van der Waals surface area contributed by atoms with Crippen molar-refractivity contribution in [2.75, 3.05) is 13.1 Å². The molecule has 15 heavy (non-hydrogen) atoms. The van der Waals surface area contributed by atoms with Gasteiger partial charge in [-0.3, -0.25) is 4.99 Å². The van der Waals surface area contributed by atoms with Crippen molar-refractivity contribution in [1.82, 2.24) is 5.32 Å². The van der Waals surface area contributed by atoms with Crippen molar-refractivity contribution < 1.29 is 13.2 Å². The molecule has 3 N–H and O–H groups in total. The summed E-state index contributed by atoms with van der Waals surface area (Å²) >= 11 is 0. The third-order valence-electron chi connectivity index (χ3n) is 2.43. The van der Waals surface area contributed by atoms with Gasteiger partial charge in [-0.2, -0.15) is 13.2 Å². The summed E-state index contributed by atoms with van der Waals surface area (Å²) < 4.78 is 37.4. The second-order valence-corrected chi connectivity index (χ2v) is 3.65. The zero-order chi connectivity index (χ0) is 11.5. The molecule has 3 nitrogen and oxygen atoms in total. The predicted molar refractivity (Wildman–Crippen MR) is 52.4 cm³/mol. The molecule has 1 saturated carbocycles. The fourth-order valence-electron chi connectivity index (χ4n) is 1.15. The number of halogens is 3. The Kier molecular flexibility index (Phi) is 3.26. The van der Waals surface area contributed by atoms with E-state index in [1.165, 1.54) is 0 Å². The molecule has 0 heterocycles. The van der Waals surface area contributed by atoms with Crippen molar-refractivity contribution in [3.05, 3.63) is 12.7 Å². The van der Waals surface area contributed by atoms with Crippen LogP contribution in [0.2, 0.25) is 0 Å². The van der Waals surface area contributed by atoms with E-state index in [-0.39, 0.29) is 25.3 Å². The number of aliphatic imine (C=N–C) groups is 1. The Morgan fingerprint density at radius 3 is 2.53 bits per heavy atom. The predicted octanol–water partition coefficient (Wildman–Crippen LogP) is 1.42. The molecule has 1 rings (SSSR count). The van der Waals surface area contributed by atoms with Gasteiger partial charge in [0.2, 0.25) is 0 Å². The van der Waals surface area contributed by atoms with Crippen molar-refractivity contribution in [3.8, 4) is 0 Å². The first-order valence-corrected chi connectivity index (χ1v) is 4.63. The van der Waals surface area contributed by atoms with Gasteiger partial charge >= 0.3 is 6.18 Å². The van der Waals surface area contributed by atoms with Crippen molar-refractivity contribution >= 4 is 5.96 Å². The van der Waals surface area contributed by atoms with E-state index in [0.29, 0.717) is 6.54 Å². The maximum Gasteiger partial charge on any atom is 0.396 e. The van der Waals surface area contributed by atoms with Crippen molar-refractivity contribution in [3.63, 3.8) is 0 Å². The van der Waals surface area contributed by atoms with Gasteiger partial charge in [0, 0.05) is 6.54 Å². The van der Waals surface area contributed by atoms with E-state index >= 15 is 0 Å². The zero-order valence-electron chi connectivity index (χ0n) is 8.27. The summed E-state index contributed by atoms with van der Waals surface area (Å²) in [5, 5.41) is 2.63. The van der Waals surface area contributed by atoms with Crippen LogP contribution in [0.5, 0.6) is 0 Å². The molecule has 1 aliphatic rings. The number of nitrogens with two attached hydrogens (primary N) is 1. The molecule has 0 atom stereocenters. The average molecular weight is 221 g/mol. The van der Waals surface area contributed by atoms with Gasteiger partial charge in [0.15, 0.2) is 5.96 Å². The van der Waals surface area contributed by atoms with Crippen molar-refractivity contribution in [2.45, 2.75) is 19.0 Å².